The van der Waals surface area contributed by atoms with Crippen LogP contribution in [0.1, 0.15) is 23.4 Å². The highest BCUT2D eigenvalue weighted by Gasteiger charge is 2.37. The van der Waals surface area contributed by atoms with Gasteiger partial charge in [0.05, 0.1) is 13.0 Å². The van der Waals surface area contributed by atoms with Crippen molar-refractivity contribution in [1.82, 2.24) is 9.78 Å². The molecule has 0 unspecified atom stereocenters. The predicted octanol–water partition coefficient (Wildman–Crippen LogP) is 2.20. The maximum absolute atomic E-state index is 12.5. The molecule has 0 aliphatic carbocycles. The van der Waals surface area contributed by atoms with Gasteiger partial charge in [-0.15, -0.1) is 4.91 Å². The summed E-state index contributed by atoms with van der Waals surface area (Å²) in [5, 5.41) is 5.54. The Hall–Kier alpha value is -1.73. The fourth-order valence-electron chi connectivity index (χ4n) is 1.37. The van der Waals surface area contributed by atoms with Crippen molar-refractivity contribution in [3.8, 4) is 0 Å². The van der Waals surface area contributed by atoms with Crippen molar-refractivity contribution in [2.75, 3.05) is 0 Å². The number of carbonyl (C=O) groups excluding carboxylic acids is 1. The summed E-state index contributed by atoms with van der Waals surface area (Å²) in [5.41, 5.74) is -0.637. The summed E-state index contributed by atoms with van der Waals surface area (Å²) in [5.74, 6) is -0.911. The van der Waals surface area contributed by atoms with E-state index in [1.165, 1.54) is 13.8 Å². The second-order valence-corrected chi connectivity index (χ2v) is 3.51. The van der Waals surface area contributed by atoms with E-state index in [0.29, 0.717) is 5.69 Å². The molecule has 8 heteroatoms. The molecule has 1 aromatic heterocycles. The Morgan fingerprint density at radius 3 is 2.41 bits per heavy atom. The van der Waals surface area contributed by atoms with Crippen molar-refractivity contribution in [1.29, 1.82) is 0 Å². The van der Waals surface area contributed by atoms with E-state index in [0.717, 1.165) is 4.68 Å². The molecule has 94 valence electrons. The standard InChI is InChI=1S/C9H10F3N3O2/c1-5-6(2)15(4-3-7(16)14-17)13-8(5)9(10,11)12/h3-4H2,1-2H3. The van der Waals surface area contributed by atoms with E-state index in [1.54, 1.807) is 0 Å². The van der Waals surface area contributed by atoms with Crippen molar-refractivity contribution >= 4 is 5.91 Å². The maximum Gasteiger partial charge on any atom is 0.435 e. The molecule has 0 spiro atoms. The van der Waals surface area contributed by atoms with Crippen LogP contribution in [0, 0.1) is 18.8 Å². The fourth-order valence-corrected chi connectivity index (χ4v) is 1.37. The van der Waals surface area contributed by atoms with Crippen LogP contribution < -0.4 is 0 Å². The van der Waals surface area contributed by atoms with E-state index in [4.69, 9.17) is 0 Å². The first-order valence-corrected chi connectivity index (χ1v) is 4.74. The Kier molecular flexibility index (Phi) is 3.64. The number of alkyl halides is 3. The molecular formula is C9H10F3N3O2. The van der Waals surface area contributed by atoms with Gasteiger partial charge in [0, 0.05) is 16.4 Å². The summed E-state index contributed by atoms with van der Waals surface area (Å²) >= 11 is 0. The predicted molar refractivity (Wildman–Crippen MR) is 52.1 cm³/mol. The zero-order chi connectivity index (χ0) is 13.2. The van der Waals surface area contributed by atoms with E-state index in [2.05, 4.69) is 10.3 Å². The molecule has 0 saturated heterocycles. The highest BCUT2D eigenvalue weighted by atomic mass is 19.4. The summed E-state index contributed by atoms with van der Waals surface area (Å²) in [6.07, 6.45) is -4.78. The number of hydrogen-bond donors (Lipinski definition) is 0. The minimum atomic E-state index is -4.52. The lowest BCUT2D eigenvalue weighted by molar-refractivity contribution is -0.141. The molecule has 5 nitrogen and oxygen atoms in total. The van der Waals surface area contributed by atoms with Crippen LogP contribution in [-0.4, -0.2) is 15.7 Å². The first-order valence-electron chi connectivity index (χ1n) is 4.74. The molecule has 0 bridgehead atoms. The average molecular weight is 249 g/mol. The molecule has 0 saturated carbocycles. The van der Waals surface area contributed by atoms with E-state index >= 15 is 0 Å². The number of nitroso groups, excluding NO2 is 1. The number of nitrogens with zero attached hydrogens (tertiary/aromatic N) is 3. The van der Waals surface area contributed by atoms with Crippen molar-refractivity contribution in [2.24, 2.45) is 5.18 Å². The Labute approximate surface area is 94.6 Å². The van der Waals surface area contributed by atoms with Crippen molar-refractivity contribution < 1.29 is 18.0 Å². The minimum absolute atomic E-state index is 0.0176. The molecule has 1 aromatic rings. The van der Waals surface area contributed by atoms with Crippen LogP contribution in [-0.2, 0) is 17.5 Å². The SMILES string of the molecule is Cc1c(C(F)(F)F)nn(CCC(=O)N=O)c1C. The van der Waals surface area contributed by atoms with Crippen molar-refractivity contribution in [3.63, 3.8) is 0 Å². The van der Waals surface area contributed by atoms with Gasteiger partial charge in [0.1, 0.15) is 0 Å². The molecular weight excluding hydrogens is 239 g/mol. The average Bonchev–Trinajstić information content (AvgIpc) is 2.52. The van der Waals surface area contributed by atoms with Gasteiger partial charge >= 0.3 is 6.18 Å². The fraction of sp³-hybridized carbons (Fsp3) is 0.556. The van der Waals surface area contributed by atoms with Gasteiger partial charge in [0.2, 0.25) is 0 Å². The minimum Gasteiger partial charge on any atom is -0.269 e. The molecule has 0 aromatic carbocycles. The largest absolute Gasteiger partial charge is 0.435 e. The molecule has 0 aliphatic rings. The lowest BCUT2D eigenvalue weighted by atomic mass is 10.2. The summed E-state index contributed by atoms with van der Waals surface area (Å²) in [6.45, 7) is 2.69. The first-order chi connectivity index (χ1) is 7.77. The van der Waals surface area contributed by atoms with Crippen LogP contribution in [0.25, 0.3) is 0 Å². The van der Waals surface area contributed by atoms with Gasteiger partial charge in [-0.1, -0.05) is 0 Å². The van der Waals surface area contributed by atoms with Gasteiger partial charge in [0.25, 0.3) is 5.91 Å². The number of carbonyl (C=O) groups is 1. The van der Waals surface area contributed by atoms with Gasteiger partial charge in [0.15, 0.2) is 5.69 Å². The molecule has 1 amide bonds. The van der Waals surface area contributed by atoms with E-state index in [1.807, 2.05) is 0 Å². The second-order valence-electron chi connectivity index (χ2n) is 3.51. The Bertz CT molecular complexity index is 451. The quantitative estimate of drug-likeness (QED) is 0.771. The lowest BCUT2D eigenvalue weighted by Crippen LogP contribution is -2.10. The third kappa shape index (κ3) is 2.89. The molecule has 1 heterocycles. The summed E-state index contributed by atoms with van der Waals surface area (Å²) in [6, 6.07) is 0. The number of aromatic nitrogens is 2. The van der Waals surface area contributed by atoms with Crippen LogP contribution in [0.5, 0.6) is 0 Å². The Morgan fingerprint density at radius 2 is 2.00 bits per heavy atom. The normalized spacial score (nSPS) is 11.6. The van der Waals surface area contributed by atoms with Crippen LogP contribution in [0.2, 0.25) is 0 Å². The Morgan fingerprint density at radius 1 is 1.41 bits per heavy atom. The van der Waals surface area contributed by atoms with Gasteiger partial charge in [-0.25, -0.2) is 0 Å². The topological polar surface area (TPSA) is 64.3 Å². The second kappa shape index (κ2) is 4.64. The van der Waals surface area contributed by atoms with Gasteiger partial charge in [-0.05, 0) is 13.8 Å². The summed E-state index contributed by atoms with van der Waals surface area (Å²) in [4.78, 5) is 20.5. The summed E-state index contributed by atoms with van der Waals surface area (Å²) in [7, 11) is 0. The van der Waals surface area contributed by atoms with E-state index in [9.17, 15) is 22.9 Å². The zero-order valence-electron chi connectivity index (χ0n) is 9.21. The molecule has 0 atom stereocenters. The summed E-state index contributed by atoms with van der Waals surface area (Å²) < 4.78 is 38.5. The number of aryl methyl sites for hydroxylation is 1. The van der Waals surface area contributed by atoms with Gasteiger partial charge in [-0.2, -0.15) is 18.3 Å². The van der Waals surface area contributed by atoms with Gasteiger partial charge < -0.3 is 0 Å². The maximum atomic E-state index is 12.5. The van der Waals surface area contributed by atoms with Gasteiger partial charge in [-0.3, -0.25) is 9.48 Å². The highest BCUT2D eigenvalue weighted by Crippen LogP contribution is 2.31. The molecule has 1 rings (SSSR count). The van der Waals surface area contributed by atoms with Crippen LogP contribution in [0.15, 0.2) is 5.18 Å². The Balaban J connectivity index is 2.96. The van der Waals surface area contributed by atoms with E-state index < -0.39 is 17.8 Å². The molecule has 17 heavy (non-hydrogen) atoms. The highest BCUT2D eigenvalue weighted by molar-refractivity contribution is 5.76. The molecule has 0 fully saturated rings. The zero-order valence-corrected chi connectivity index (χ0v) is 9.21. The van der Waals surface area contributed by atoms with Crippen LogP contribution in [0.4, 0.5) is 13.2 Å². The smallest absolute Gasteiger partial charge is 0.269 e. The van der Waals surface area contributed by atoms with Crippen molar-refractivity contribution in [2.45, 2.75) is 33.0 Å². The third-order valence-corrected chi connectivity index (χ3v) is 2.41. The van der Waals surface area contributed by atoms with Crippen LogP contribution in [0.3, 0.4) is 0 Å². The number of halogens is 3. The lowest BCUT2D eigenvalue weighted by Gasteiger charge is -2.02. The molecule has 0 N–H and O–H groups in total. The monoisotopic (exact) mass is 249 g/mol. The molecule has 0 aliphatic heterocycles. The number of amides is 1. The number of hydrogen-bond acceptors (Lipinski definition) is 3. The molecule has 0 radical (unpaired) electrons. The van der Waals surface area contributed by atoms with Crippen molar-refractivity contribution in [3.05, 3.63) is 21.9 Å². The van der Waals surface area contributed by atoms with Crippen LogP contribution >= 0.6 is 0 Å². The third-order valence-electron chi connectivity index (χ3n) is 2.41. The van der Waals surface area contributed by atoms with E-state index in [-0.39, 0.29) is 18.5 Å². The first kappa shape index (κ1) is 13.3. The number of rotatable bonds is 3.